The van der Waals surface area contributed by atoms with Gasteiger partial charge in [-0.2, -0.15) is 0 Å². The molecule has 0 N–H and O–H groups in total. The molecule has 0 spiro atoms. The summed E-state index contributed by atoms with van der Waals surface area (Å²) in [4.78, 5) is 2.47. The zero-order valence-corrected chi connectivity index (χ0v) is 11.0. The largest absolute Gasteiger partial charge is 0.299 e. The van der Waals surface area contributed by atoms with Crippen molar-refractivity contribution in [2.75, 3.05) is 13.1 Å². The van der Waals surface area contributed by atoms with E-state index in [2.05, 4.69) is 24.0 Å². The van der Waals surface area contributed by atoms with Crippen LogP contribution in [0.2, 0.25) is 5.02 Å². The Hall–Kier alpha value is -0.240. The van der Waals surface area contributed by atoms with E-state index in [9.17, 15) is 0 Å². The summed E-state index contributed by atoms with van der Waals surface area (Å²) >= 11 is 12.1. The molecule has 1 aliphatic rings. The second-order valence-corrected chi connectivity index (χ2v) is 5.64. The van der Waals surface area contributed by atoms with Gasteiger partial charge >= 0.3 is 0 Å². The van der Waals surface area contributed by atoms with E-state index in [4.69, 9.17) is 23.2 Å². The molecule has 2 unspecified atom stereocenters. The first-order chi connectivity index (χ1) is 7.65. The predicted molar refractivity (Wildman–Crippen MR) is 70.2 cm³/mol. The van der Waals surface area contributed by atoms with E-state index in [0.29, 0.717) is 11.3 Å². The van der Waals surface area contributed by atoms with Gasteiger partial charge in [0, 0.05) is 23.5 Å². The molecule has 1 saturated heterocycles. The first-order valence-corrected chi connectivity index (χ1v) is 6.57. The normalized spacial score (nSPS) is 26.9. The SMILES string of the molecule is CC1CN(Cc2ccc(Cl)cc2)CCC1Cl. The topological polar surface area (TPSA) is 3.24 Å². The third-order valence-electron chi connectivity index (χ3n) is 3.20. The number of hydrogen-bond acceptors (Lipinski definition) is 1. The minimum absolute atomic E-state index is 0.349. The summed E-state index contributed by atoms with van der Waals surface area (Å²) in [6.45, 7) is 5.43. The number of hydrogen-bond donors (Lipinski definition) is 0. The van der Waals surface area contributed by atoms with Crippen molar-refractivity contribution in [2.45, 2.75) is 25.3 Å². The van der Waals surface area contributed by atoms with Crippen molar-refractivity contribution in [3.8, 4) is 0 Å². The molecule has 1 heterocycles. The summed E-state index contributed by atoms with van der Waals surface area (Å²) in [5, 5.41) is 1.15. The molecule has 1 aromatic carbocycles. The van der Waals surface area contributed by atoms with Gasteiger partial charge in [0.15, 0.2) is 0 Å². The molecule has 0 aromatic heterocycles. The van der Waals surface area contributed by atoms with Crippen LogP contribution in [0.5, 0.6) is 0 Å². The van der Waals surface area contributed by atoms with Crippen LogP contribution in [-0.2, 0) is 6.54 Å². The predicted octanol–water partition coefficient (Wildman–Crippen LogP) is 3.79. The fourth-order valence-corrected chi connectivity index (χ4v) is 2.50. The second kappa shape index (κ2) is 5.39. The number of piperidine rings is 1. The van der Waals surface area contributed by atoms with E-state index in [0.717, 1.165) is 31.1 Å². The van der Waals surface area contributed by atoms with E-state index in [-0.39, 0.29) is 0 Å². The molecule has 0 saturated carbocycles. The standard InChI is InChI=1S/C13H17Cl2N/c1-10-8-16(7-6-13(10)15)9-11-2-4-12(14)5-3-11/h2-5,10,13H,6-9H2,1H3. The maximum absolute atomic E-state index is 6.21. The quantitative estimate of drug-likeness (QED) is 0.729. The smallest absolute Gasteiger partial charge is 0.0406 e. The zero-order valence-electron chi connectivity index (χ0n) is 9.50. The molecular formula is C13H17Cl2N. The van der Waals surface area contributed by atoms with Crippen LogP contribution in [0, 0.1) is 5.92 Å². The van der Waals surface area contributed by atoms with Crippen molar-refractivity contribution >= 4 is 23.2 Å². The number of nitrogens with zero attached hydrogens (tertiary/aromatic N) is 1. The maximum Gasteiger partial charge on any atom is 0.0406 e. The van der Waals surface area contributed by atoms with E-state index in [1.54, 1.807) is 0 Å². The van der Waals surface area contributed by atoms with Crippen LogP contribution < -0.4 is 0 Å². The van der Waals surface area contributed by atoms with Crippen molar-refractivity contribution in [3.05, 3.63) is 34.9 Å². The molecule has 0 bridgehead atoms. The lowest BCUT2D eigenvalue weighted by atomic mass is 9.99. The lowest BCUT2D eigenvalue weighted by molar-refractivity contribution is 0.180. The van der Waals surface area contributed by atoms with Crippen LogP contribution in [0.15, 0.2) is 24.3 Å². The summed E-state index contributed by atoms with van der Waals surface area (Å²) in [5.41, 5.74) is 1.32. The first-order valence-electron chi connectivity index (χ1n) is 5.76. The Morgan fingerprint density at radius 2 is 2.00 bits per heavy atom. The van der Waals surface area contributed by atoms with Gasteiger partial charge in [0.2, 0.25) is 0 Å². The Morgan fingerprint density at radius 1 is 1.31 bits per heavy atom. The summed E-state index contributed by atoms with van der Waals surface area (Å²) in [6, 6.07) is 8.10. The molecule has 3 heteroatoms. The summed E-state index contributed by atoms with van der Waals surface area (Å²) < 4.78 is 0. The Labute approximate surface area is 107 Å². The van der Waals surface area contributed by atoms with Crippen LogP contribution in [0.3, 0.4) is 0 Å². The number of halogens is 2. The molecule has 1 aliphatic heterocycles. The first kappa shape index (κ1) is 12.2. The molecule has 16 heavy (non-hydrogen) atoms. The third kappa shape index (κ3) is 3.13. The van der Waals surface area contributed by atoms with E-state index >= 15 is 0 Å². The van der Waals surface area contributed by atoms with E-state index in [1.165, 1.54) is 5.56 Å². The molecule has 88 valence electrons. The van der Waals surface area contributed by atoms with Gasteiger partial charge in [-0.3, -0.25) is 4.90 Å². The minimum Gasteiger partial charge on any atom is -0.299 e. The molecule has 0 amide bonds. The molecule has 0 aliphatic carbocycles. The Kier molecular flexibility index (Phi) is 4.12. The number of alkyl halides is 1. The van der Waals surface area contributed by atoms with Crippen LogP contribution in [-0.4, -0.2) is 23.4 Å². The molecule has 1 aromatic rings. The van der Waals surface area contributed by atoms with E-state index in [1.807, 2.05) is 12.1 Å². The highest BCUT2D eigenvalue weighted by atomic mass is 35.5. The van der Waals surface area contributed by atoms with Gasteiger partial charge in [0.1, 0.15) is 0 Å². The minimum atomic E-state index is 0.349. The van der Waals surface area contributed by atoms with Gasteiger partial charge in [-0.05, 0) is 36.6 Å². The summed E-state index contributed by atoms with van der Waals surface area (Å²) in [6.07, 6.45) is 1.09. The fraction of sp³-hybridized carbons (Fsp3) is 0.538. The average Bonchev–Trinajstić information content (AvgIpc) is 2.27. The molecule has 0 radical (unpaired) electrons. The van der Waals surface area contributed by atoms with Crippen molar-refractivity contribution in [2.24, 2.45) is 5.92 Å². The number of benzene rings is 1. The van der Waals surface area contributed by atoms with Gasteiger partial charge in [-0.1, -0.05) is 30.7 Å². The average molecular weight is 258 g/mol. The summed E-state index contributed by atoms with van der Waals surface area (Å²) in [5.74, 6) is 0.586. The molecular weight excluding hydrogens is 241 g/mol. The van der Waals surface area contributed by atoms with Crippen LogP contribution in [0.25, 0.3) is 0 Å². The van der Waals surface area contributed by atoms with Crippen LogP contribution >= 0.6 is 23.2 Å². The highest BCUT2D eigenvalue weighted by molar-refractivity contribution is 6.30. The Balaban J connectivity index is 1.93. The van der Waals surface area contributed by atoms with Crippen molar-refractivity contribution in [3.63, 3.8) is 0 Å². The molecule has 1 fully saturated rings. The fourth-order valence-electron chi connectivity index (χ4n) is 2.19. The van der Waals surface area contributed by atoms with Gasteiger partial charge in [0.25, 0.3) is 0 Å². The third-order valence-corrected chi connectivity index (χ3v) is 4.10. The molecule has 2 rings (SSSR count). The van der Waals surface area contributed by atoms with Crippen LogP contribution in [0.1, 0.15) is 18.9 Å². The van der Waals surface area contributed by atoms with Gasteiger partial charge in [0.05, 0.1) is 0 Å². The lowest BCUT2D eigenvalue weighted by Gasteiger charge is -2.34. The molecule has 2 atom stereocenters. The number of rotatable bonds is 2. The number of likely N-dealkylation sites (tertiary alicyclic amines) is 1. The van der Waals surface area contributed by atoms with Crippen molar-refractivity contribution < 1.29 is 0 Å². The maximum atomic E-state index is 6.21. The Morgan fingerprint density at radius 3 is 2.62 bits per heavy atom. The van der Waals surface area contributed by atoms with Gasteiger partial charge < -0.3 is 0 Å². The van der Waals surface area contributed by atoms with Gasteiger partial charge in [-0.15, -0.1) is 11.6 Å². The highest BCUT2D eigenvalue weighted by Crippen LogP contribution is 2.23. The van der Waals surface area contributed by atoms with E-state index < -0.39 is 0 Å². The Bertz CT molecular complexity index is 336. The zero-order chi connectivity index (χ0) is 11.5. The van der Waals surface area contributed by atoms with Crippen molar-refractivity contribution in [1.29, 1.82) is 0 Å². The van der Waals surface area contributed by atoms with Crippen LogP contribution in [0.4, 0.5) is 0 Å². The lowest BCUT2D eigenvalue weighted by Crippen LogP contribution is -2.39. The van der Waals surface area contributed by atoms with Gasteiger partial charge in [-0.25, -0.2) is 0 Å². The second-order valence-electron chi connectivity index (χ2n) is 4.64. The highest BCUT2D eigenvalue weighted by Gasteiger charge is 2.23. The monoisotopic (exact) mass is 257 g/mol. The summed E-state index contributed by atoms with van der Waals surface area (Å²) in [7, 11) is 0. The molecule has 1 nitrogen and oxygen atoms in total. The van der Waals surface area contributed by atoms with Crippen molar-refractivity contribution in [1.82, 2.24) is 4.90 Å².